The Kier molecular flexibility index (Phi) is 15.6. The van der Waals surface area contributed by atoms with Crippen molar-refractivity contribution >= 4 is 41.1 Å². The molecule has 5 aromatic rings. The fourth-order valence-corrected chi connectivity index (χ4v) is 7.34. The topological polar surface area (TPSA) is 221 Å². The number of para-hydroxylation sites is 2. The van der Waals surface area contributed by atoms with Gasteiger partial charge in [-0.1, -0.05) is 127 Å². The molecule has 326 valence electrons. The van der Waals surface area contributed by atoms with Gasteiger partial charge in [-0.25, -0.2) is 0 Å². The van der Waals surface area contributed by atoms with Gasteiger partial charge < -0.3 is 42.2 Å². The number of hydrogen-bond donors (Lipinski definition) is 7. The zero-order chi connectivity index (χ0) is 44.7. The summed E-state index contributed by atoms with van der Waals surface area (Å²) >= 11 is 0. The second-order valence-electron chi connectivity index (χ2n) is 15.1. The molecule has 15 nitrogen and oxygen atoms in total. The summed E-state index contributed by atoms with van der Waals surface area (Å²) in [7, 11) is 0. The molecule has 0 aliphatic carbocycles. The number of rotatable bonds is 19. The molecule has 63 heavy (non-hydrogen) atoms. The number of nitrogens with zero attached hydrogens (tertiary/aromatic N) is 1. The summed E-state index contributed by atoms with van der Waals surface area (Å²) in [5.41, 5.74) is 8.70. The van der Waals surface area contributed by atoms with E-state index < -0.39 is 78.5 Å². The van der Waals surface area contributed by atoms with Crippen LogP contribution in [0.25, 0.3) is 0 Å². The first-order valence-electron chi connectivity index (χ1n) is 20.6. The van der Waals surface area contributed by atoms with Crippen LogP contribution < -0.4 is 32.3 Å². The van der Waals surface area contributed by atoms with E-state index in [1.807, 2.05) is 30.3 Å². The molecule has 0 saturated carbocycles. The molecule has 0 aromatic heterocycles. The molecule has 0 spiro atoms. The predicted molar refractivity (Wildman–Crippen MR) is 235 cm³/mol. The quantitative estimate of drug-likeness (QED) is 0.0649. The summed E-state index contributed by atoms with van der Waals surface area (Å²) < 4.78 is 6.23. The number of ether oxygens (including phenoxy) is 1. The fraction of sp³-hybridized carbons (Fsp3) is 0.250. The maximum atomic E-state index is 14.5. The highest BCUT2D eigenvalue weighted by molar-refractivity contribution is 5.96. The molecule has 1 fully saturated rings. The number of amides is 6. The highest BCUT2D eigenvalue weighted by Crippen LogP contribution is 2.38. The first-order valence-corrected chi connectivity index (χ1v) is 20.6. The van der Waals surface area contributed by atoms with E-state index in [4.69, 9.17) is 10.5 Å². The largest absolute Gasteiger partial charge is 0.507 e. The smallest absolute Gasteiger partial charge is 0.246 e. The maximum Gasteiger partial charge on any atom is 0.246 e. The van der Waals surface area contributed by atoms with E-state index in [0.717, 1.165) is 5.56 Å². The minimum absolute atomic E-state index is 0.00475. The van der Waals surface area contributed by atoms with Crippen LogP contribution in [0, 0.1) is 0 Å². The van der Waals surface area contributed by atoms with Crippen LogP contribution in [0.2, 0.25) is 0 Å². The van der Waals surface area contributed by atoms with Crippen LogP contribution in [0.1, 0.15) is 35.4 Å². The maximum absolute atomic E-state index is 14.5. The van der Waals surface area contributed by atoms with Crippen LogP contribution in [0.15, 0.2) is 146 Å². The number of benzene rings is 5. The van der Waals surface area contributed by atoms with Gasteiger partial charge in [0.25, 0.3) is 0 Å². The molecule has 6 rings (SSSR count). The second kappa shape index (κ2) is 21.8. The Labute approximate surface area is 365 Å². The van der Waals surface area contributed by atoms with Gasteiger partial charge >= 0.3 is 0 Å². The molecule has 0 bridgehead atoms. The minimum Gasteiger partial charge on any atom is -0.507 e. The van der Waals surface area contributed by atoms with Gasteiger partial charge in [-0.3, -0.25) is 33.7 Å². The number of nitrogens with two attached hydrogens (primary N) is 1. The Morgan fingerprint density at radius 3 is 1.65 bits per heavy atom. The highest BCUT2D eigenvalue weighted by Gasteiger charge is 2.48. The van der Waals surface area contributed by atoms with Crippen LogP contribution in [0.3, 0.4) is 0 Å². The lowest BCUT2D eigenvalue weighted by Crippen LogP contribution is -2.59. The van der Waals surface area contributed by atoms with Crippen LogP contribution in [0.4, 0.5) is 5.69 Å². The van der Waals surface area contributed by atoms with E-state index in [-0.39, 0.29) is 37.1 Å². The van der Waals surface area contributed by atoms with E-state index in [1.54, 1.807) is 116 Å². The van der Waals surface area contributed by atoms with Crippen molar-refractivity contribution in [3.8, 4) is 5.75 Å². The normalized spacial score (nSPS) is 17.0. The lowest BCUT2D eigenvalue weighted by Gasteiger charge is -2.30. The summed E-state index contributed by atoms with van der Waals surface area (Å²) in [6, 6.07) is 37.5. The molecule has 1 aliphatic rings. The first-order chi connectivity index (χ1) is 30.5. The van der Waals surface area contributed by atoms with Gasteiger partial charge in [0, 0.05) is 30.5 Å². The van der Waals surface area contributed by atoms with Crippen molar-refractivity contribution in [3.05, 3.63) is 168 Å². The number of aromatic hydroxyl groups is 1. The Morgan fingerprint density at radius 1 is 0.619 bits per heavy atom. The van der Waals surface area contributed by atoms with E-state index in [2.05, 4.69) is 26.6 Å². The molecule has 1 heterocycles. The van der Waals surface area contributed by atoms with Crippen molar-refractivity contribution < 1.29 is 38.6 Å². The van der Waals surface area contributed by atoms with Gasteiger partial charge in [0.15, 0.2) is 6.23 Å². The zero-order valence-corrected chi connectivity index (χ0v) is 34.7. The Bertz CT molecular complexity index is 2340. The third-order valence-electron chi connectivity index (χ3n) is 10.5. The lowest BCUT2D eigenvalue weighted by atomic mass is 10.0. The standard InChI is InChI=1S/C48H51N7O8/c1-31-43(55(42(58)30-50-35-22-12-5-13-23-35)48(63-31)36-24-14-15-25-40(36)56)47(62)54-39(28-34-20-10-4-11-21-34)46(61)53-38(27-33-18-8-3-9-19-33)45(60)51-29-41(57)52-37(44(49)59)26-32-16-6-2-7-17-32/h2-25,31,37-39,43,48,50,56H,26-30H2,1H3,(H2,49,59)(H,51,60)(H,52,57)(H,53,61)(H,54,62)/t31-,37+,38+,39+,43+,48?/m1/s1. The van der Waals surface area contributed by atoms with Crippen molar-refractivity contribution in [3.63, 3.8) is 0 Å². The van der Waals surface area contributed by atoms with Gasteiger partial charge in [-0.05, 0) is 41.8 Å². The van der Waals surface area contributed by atoms with Crippen LogP contribution in [-0.2, 0) is 52.8 Å². The lowest BCUT2D eigenvalue weighted by molar-refractivity contribution is -0.142. The Hall–Kier alpha value is -7.52. The number of carbonyl (C=O) groups is 6. The summed E-state index contributed by atoms with van der Waals surface area (Å²) in [5, 5.41) is 24.7. The minimum atomic E-state index is -1.26. The third kappa shape index (κ3) is 12.5. The van der Waals surface area contributed by atoms with E-state index in [9.17, 15) is 33.9 Å². The molecule has 6 atom stereocenters. The van der Waals surface area contributed by atoms with Crippen molar-refractivity contribution in [2.45, 2.75) is 62.7 Å². The molecule has 1 unspecified atom stereocenters. The van der Waals surface area contributed by atoms with E-state index >= 15 is 0 Å². The molecule has 0 radical (unpaired) electrons. The molecule has 6 amide bonds. The number of primary amides is 1. The summed E-state index contributed by atoms with van der Waals surface area (Å²) in [5.74, 6) is -4.17. The molecular formula is C48H51N7O8. The molecule has 15 heteroatoms. The average Bonchev–Trinajstić information content (AvgIpc) is 3.64. The monoisotopic (exact) mass is 853 g/mol. The highest BCUT2D eigenvalue weighted by atomic mass is 16.5. The Balaban J connectivity index is 1.22. The summed E-state index contributed by atoms with van der Waals surface area (Å²) in [6.07, 6.45) is -1.85. The summed E-state index contributed by atoms with van der Waals surface area (Å²) in [4.78, 5) is 83.5. The zero-order valence-electron chi connectivity index (χ0n) is 34.7. The van der Waals surface area contributed by atoms with E-state index in [1.165, 1.54) is 11.0 Å². The molecular weight excluding hydrogens is 803 g/mol. The molecule has 1 aliphatic heterocycles. The van der Waals surface area contributed by atoms with Gasteiger partial charge in [-0.2, -0.15) is 0 Å². The van der Waals surface area contributed by atoms with Crippen molar-refractivity contribution in [1.82, 2.24) is 26.2 Å². The number of nitrogens with one attached hydrogen (secondary N) is 5. The van der Waals surface area contributed by atoms with Crippen LogP contribution >= 0.6 is 0 Å². The fourth-order valence-electron chi connectivity index (χ4n) is 7.34. The molecule has 5 aromatic carbocycles. The number of anilines is 1. The second-order valence-corrected chi connectivity index (χ2v) is 15.1. The van der Waals surface area contributed by atoms with Crippen molar-refractivity contribution in [1.29, 1.82) is 0 Å². The number of carbonyl (C=O) groups excluding carboxylic acids is 6. The number of phenolic OH excluding ortho intramolecular Hbond substituents is 1. The van der Waals surface area contributed by atoms with Crippen LogP contribution in [-0.4, -0.2) is 88.8 Å². The first kappa shape index (κ1) is 45.0. The Morgan fingerprint density at radius 2 is 1.11 bits per heavy atom. The van der Waals surface area contributed by atoms with E-state index in [0.29, 0.717) is 16.8 Å². The molecule has 8 N–H and O–H groups in total. The average molecular weight is 854 g/mol. The third-order valence-corrected chi connectivity index (χ3v) is 10.5. The van der Waals surface area contributed by atoms with Crippen molar-refractivity contribution in [2.24, 2.45) is 5.73 Å². The van der Waals surface area contributed by atoms with Crippen LogP contribution in [0.5, 0.6) is 5.75 Å². The van der Waals surface area contributed by atoms with Gasteiger partial charge in [0.05, 0.1) is 19.2 Å². The van der Waals surface area contributed by atoms with Gasteiger partial charge in [-0.15, -0.1) is 0 Å². The number of hydrogen-bond acceptors (Lipinski definition) is 9. The van der Waals surface area contributed by atoms with Gasteiger partial charge in [0.2, 0.25) is 35.4 Å². The summed E-state index contributed by atoms with van der Waals surface area (Å²) in [6.45, 7) is 0.890. The molecule has 1 saturated heterocycles. The number of phenols is 1. The predicted octanol–water partition coefficient (Wildman–Crippen LogP) is 2.90. The SMILES string of the molecule is C[C@H]1OC(c2ccccc2O)N(C(=O)CNc2ccccc2)[C@@H]1C(=O)N[C@@H](Cc1ccccc1)C(=O)N[C@@H](Cc1ccccc1)C(=O)NCC(=O)N[C@@H](Cc1ccccc1)C(N)=O. The van der Waals surface area contributed by atoms with Crippen molar-refractivity contribution in [2.75, 3.05) is 18.4 Å². The van der Waals surface area contributed by atoms with Gasteiger partial charge in [0.1, 0.15) is 29.9 Å².